The third-order valence-corrected chi connectivity index (χ3v) is 2.96. The minimum absolute atomic E-state index is 0.293. The number of rotatable bonds is 6. The third-order valence-electron chi connectivity index (χ3n) is 2.96. The number of hydrogen-bond donors (Lipinski definition) is 1. The quantitative estimate of drug-likeness (QED) is 0.813. The molecule has 1 aromatic heterocycles. The molecule has 19 heavy (non-hydrogen) atoms. The predicted octanol–water partition coefficient (Wildman–Crippen LogP) is 2.68. The maximum atomic E-state index is 11.8. The number of ether oxygens (including phenoxy) is 2. The van der Waals surface area contributed by atoms with Gasteiger partial charge in [0.1, 0.15) is 0 Å². The van der Waals surface area contributed by atoms with Crippen molar-refractivity contribution in [3.05, 3.63) is 36.0 Å². The van der Waals surface area contributed by atoms with E-state index in [2.05, 4.69) is 11.1 Å². The SMILES string of the molecule is CCOC(=O)C(Cc1ccc2[nH]ccc2c1)OCC. The summed E-state index contributed by atoms with van der Waals surface area (Å²) in [6.07, 6.45) is 1.91. The summed E-state index contributed by atoms with van der Waals surface area (Å²) in [6.45, 7) is 4.55. The predicted molar refractivity (Wildman–Crippen MR) is 74.0 cm³/mol. The van der Waals surface area contributed by atoms with Crippen molar-refractivity contribution < 1.29 is 14.3 Å². The van der Waals surface area contributed by atoms with Gasteiger partial charge >= 0.3 is 5.97 Å². The zero-order valence-corrected chi connectivity index (χ0v) is 11.3. The standard InChI is InChI=1S/C15H19NO3/c1-3-18-14(15(17)19-4-2)10-11-5-6-13-12(9-11)7-8-16-13/h5-9,14,16H,3-4,10H2,1-2H3. The van der Waals surface area contributed by atoms with Crippen LogP contribution in [0.2, 0.25) is 0 Å². The third kappa shape index (κ3) is 3.35. The van der Waals surface area contributed by atoms with E-state index in [-0.39, 0.29) is 5.97 Å². The van der Waals surface area contributed by atoms with E-state index in [1.54, 1.807) is 6.92 Å². The molecule has 1 aromatic carbocycles. The second-order valence-corrected chi connectivity index (χ2v) is 4.30. The molecule has 4 nitrogen and oxygen atoms in total. The first-order chi connectivity index (χ1) is 9.24. The van der Waals surface area contributed by atoms with Crippen LogP contribution in [0.25, 0.3) is 10.9 Å². The van der Waals surface area contributed by atoms with Crippen molar-refractivity contribution in [2.75, 3.05) is 13.2 Å². The number of carbonyl (C=O) groups excluding carboxylic acids is 1. The number of H-pyrrole nitrogens is 1. The lowest BCUT2D eigenvalue weighted by molar-refractivity contribution is -0.156. The summed E-state index contributed by atoms with van der Waals surface area (Å²) in [5.41, 5.74) is 2.16. The number of hydrogen-bond acceptors (Lipinski definition) is 3. The van der Waals surface area contributed by atoms with Crippen LogP contribution in [-0.2, 0) is 20.7 Å². The first kappa shape index (κ1) is 13.6. The number of aromatic amines is 1. The maximum absolute atomic E-state index is 11.8. The lowest BCUT2D eigenvalue weighted by Gasteiger charge is -2.15. The van der Waals surface area contributed by atoms with E-state index in [1.807, 2.05) is 31.3 Å². The van der Waals surface area contributed by atoms with Crippen molar-refractivity contribution in [1.29, 1.82) is 0 Å². The molecule has 0 saturated carbocycles. The van der Waals surface area contributed by atoms with Gasteiger partial charge in [0.2, 0.25) is 0 Å². The van der Waals surface area contributed by atoms with Crippen molar-refractivity contribution in [2.45, 2.75) is 26.4 Å². The average molecular weight is 261 g/mol. The minimum Gasteiger partial charge on any atom is -0.464 e. The van der Waals surface area contributed by atoms with Gasteiger partial charge < -0.3 is 14.5 Å². The van der Waals surface area contributed by atoms with Gasteiger partial charge in [0, 0.05) is 24.7 Å². The van der Waals surface area contributed by atoms with Crippen LogP contribution in [0.1, 0.15) is 19.4 Å². The molecule has 0 fully saturated rings. The molecule has 0 saturated heterocycles. The summed E-state index contributed by atoms with van der Waals surface area (Å²) in [5, 5.41) is 1.14. The highest BCUT2D eigenvalue weighted by atomic mass is 16.6. The Kier molecular flexibility index (Phi) is 4.58. The second-order valence-electron chi connectivity index (χ2n) is 4.30. The van der Waals surface area contributed by atoms with Gasteiger partial charge in [-0.2, -0.15) is 0 Å². The molecule has 1 N–H and O–H groups in total. The van der Waals surface area contributed by atoms with E-state index >= 15 is 0 Å². The molecule has 0 aliphatic heterocycles. The fraction of sp³-hybridized carbons (Fsp3) is 0.400. The van der Waals surface area contributed by atoms with E-state index in [9.17, 15) is 4.79 Å². The van der Waals surface area contributed by atoms with Crippen LogP contribution in [0.3, 0.4) is 0 Å². The van der Waals surface area contributed by atoms with Crippen LogP contribution in [-0.4, -0.2) is 30.3 Å². The van der Waals surface area contributed by atoms with E-state index in [4.69, 9.17) is 9.47 Å². The lowest BCUT2D eigenvalue weighted by atomic mass is 10.1. The monoisotopic (exact) mass is 261 g/mol. The molecule has 1 unspecified atom stereocenters. The van der Waals surface area contributed by atoms with E-state index < -0.39 is 6.10 Å². The number of carbonyl (C=O) groups is 1. The Hall–Kier alpha value is -1.81. The molecule has 2 rings (SSSR count). The Morgan fingerprint density at radius 1 is 1.26 bits per heavy atom. The molecule has 0 aliphatic carbocycles. The Labute approximate surface area is 112 Å². The van der Waals surface area contributed by atoms with E-state index in [0.717, 1.165) is 16.5 Å². The average Bonchev–Trinajstić information content (AvgIpc) is 2.86. The van der Waals surface area contributed by atoms with Crippen LogP contribution < -0.4 is 0 Å². The Balaban J connectivity index is 2.12. The highest BCUT2D eigenvalue weighted by Gasteiger charge is 2.20. The number of aromatic nitrogens is 1. The van der Waals surface area contributed by atoms with Gasteiger partial charge in [0.25, 0.3) is 0 Å². The summed E-state index contributed by atoms with van der Waals surface area (Å²) < 4.78 is 10.5. The van der Waals surface area contributed by atoms with Crippen molar-refractivity contribution in [3.8, 4) is 0 Å². The summed E-state index contributed by atoms with van der Waals surface area (Å²) in [5.74, 6) is -0.293. The summed E-state index contributed by atoms with van der Waals surface area (Å²) in [7, 11) is 0. The molecular formula is C15H19NO3. The molecule has 0 radical (unpaired) electrons. The van der Waals surface area contributed by atoms with Gasteiger partial charge in [-0.15, -0.1) is 0 Å². The molecule has 0 bridgehead atoms. The molecule has 0 spiro atoms. The minimum atomic E-state index is -0.527. The molecule has 4 heteroatoms. The number of nitrogens with one attached hydrogen (secondary N) is 1. The van der Waals surface area contributed by atoms with Crippen molar-refractivity contribution >= 4 is 16.9 Å². The molecule has 2 aromatic rings. The first-order valence-electron chi connectivity index (χ1n) is 6.58. The van der Waals surface area contributed by atoms with Crippen molar-refractivity contribution in [3.63, 3.8) is 0 Å². The number of fused-ring (bicyclic) bond motifs is 1. The van der Waals surface area contributed by atoms with Gasteiger partial charge in [-0.3, -0.25) is 0 Å². The molecule has 1 heterocycles. The molecule has 0 amide bonds. The fourth-order valence-electron chi connectivity index (χ4n) is 2.09. The van der Waals surface area contributed by atoms with E-state index in [0.29, 0.717) is 19.6 Å². The molecular weight excluding hydrogens is 242 g/mol. The van der Waals surface area contributed by atoms with Gasteiger partial charge in [-0.25, -0.2) is 4.79 Å². The summed E-state index contributed by atoms with van der Waals surface area (Å²) in [4.78, 5) is 14.9. The zero-order chi connectivity index (χ0) is 13.7. The summed E-state index contributed by atoms with van der Waals surface area (Å²) >= 11 is 0. The van der Waals surface area contributed by atoms with Crippen LogP contribution in [0, 0.1) is 0 Å². The lowest BCUT2D eigenvalue weighted by Crippen LogP contribution is -2.28. The van der Waals surface area contributed by atoms with Crippen molar-refractivity contribution in [2.24, 2.45) is 0 Å². The largest absolute Gasteiger partial charge is 0.464 e. The van der Waals surface area contributed by atoms with Crippen LogP contribution >= 0.6 is 0 Å². The van der Waals surface area contributed by atoms with Crippen LogP contribution in [0.5, 0.6) is 0 Å². The second kappa shape index (κ2) is 6.38. The van der Waals surface area contributed by atoms with E-state index in [1.165, 1.54) is 0 Å². The highest BCUT2D eigenvalue weighted by molar-refractivity contribution is 5.80. The normalized spacial score (nSPS) is 12.5. The first-order valence-corrected chi connectivity index (χ1v) is 6.58. The fourth-order valence-corrected chi connectivity index (χ4v) is 2.09. The van der Waals surface area contributed by atoms with Gasteiger partial charge in [-0.1, -0.05) is 6.07 Å². The number of esters is 1. The van der Waals surface area contributed by atoms with Gasteiger partial charge in [0.15, 0.2) is 6.10 Å². The maximum Gasteiger partial charge on any atom is 0.335 e. The smallest absolute Gasteiger partial charge is 0.335 e. The van der Waals surface area contributed by atoms with Gasteiger partial charge in [-0.05, 0) is 43.0 Å². The molecule has 1 atom stereocenters. The van der Waals surface area contributed by atoms with Crippen LogP contribution in [0.4, 0.5) is 0 Å². The Bertz CT molecular complexity index is 547. The number of benzene rings is 1. The molecule has 102 valence electrons. The topological polar surface area (TPSA) is 51.3 Å². The zero-order valence-electron chi connectivity index (χ0n) is 11.3. The van der Waals surface area contributed by atoms with Gasteiger partial charge in [0.05, 0.1) is 6.61 Å². The summed E-state index contributed by atoms with van der Waals surface area (Å²) in [6, 6.07) is 8.10. The molecule has 0 aliphatic rings. The Morgan fingerprint density at radius 3 is 2.84 bits per heavy atom. The highest BCUT2D eigenvalue weighted by Crippen LogP contribution is 2.16. The Morgan fingerprint density at radius 2 is 2.11 bits per heavy atom. The van der Waals surface area contributed by atoms with Crippen LogP contribution in [0.15, 0.2) is 30.5 Å². The van der Waals surface area contributed by atoms with Crippen molar-refractivity contribution in [1.82, 2.24) is 4.98 Å².